The Labute approximate surface area is 158 Å². The second kappa shape index (κ2) is 7.44. The van der Waals surface area contributed by atoms with Crippen LogP contribution in [0.15, 0.2) is 54.6 Å². The molecule has 2 fully saturated rings. The van der Waals surface area contributed by atoms with Gasteiger partial charge >= 0.3 is 0 Å². The van der Waals surface area contributed by atoms with Crippen molar-refractivity contribution in [1.82, 2.24) is 4.90 Å². The van der Waals surface area contributed by atoms with E-state index in [9.17, 15) is 0 Å². The fraction of sp³-hybridized carbons (Fsp3) is 0.500. The van der Waals surface area contributed by atoms with Gasteiger partial charge in [0.2, 0.25) is 0 Å². The molecule has 0 amide bonds. The van der Waals surface area contributed by atoms with E-state index in [4.69, 9.17) is 4.74 Å². The summed E-state index contributed by atoms with van der Waals surface area (Å²) in [7, 11) is 1.77. The highest BCUT2D eigenvalue weighted by Crippen LogP contribution is 2.51. The molecule has 0 spiro atoms. The van der Waals surface area contributed by atoms with Crippen LogP contribution >= 0.6 is 0 Å². The Balaban J connectivity index is 1.52. The lowest BCUT2D eigenvalue weighted by Gasteiger charge is -2.56. The molecule has 2 heteroatoms. The molecular weight excluding hydrogens is 318 g/mol. The van der Waals surface area contributed by atoms with Gasteiger partial charge in [0.25, 0.3) is 0 Å². The number of benzene rings is 2. The molecule has 2 aromatic rings. The lowest BCUT2D eigenvalue weighted by molar-refractivity contribution is -0.00242. The Morgan fingerprint density at radius 3 is 2.73 bits per heavy atom. The summed E-state index contributed by atoms with van der Waals surface area (Å²) in [5.41, 5.74) is 3.29. The molecule has 1 saturated carbocycles. The fourth-order valence-corrected chi connectivity index (χ4v) is 5.51. The van der Waals surface area contributed by atoms with Crippen LogP contribution in [-0.2, 0) is 11.8 Å². The van der Waals surface area contributed by atoms with E-state index in [0.717, 1.165) is 12.2 Å². The number of hydrogen-bond acceptors (Lipinski definition) is 2. The van der Waals surface area contributed by atoms with Gasteiger partial charge in [-0.15, -0.1) is 0 Å². The second-order valence-electron chi connectivity index (χ2n) is 8.16. The lowest BCUT2D eigenvalue weighted by atomic mass is 9.57. The van der Waals surface area contributed by atoms with Crippen LogP contribution in [0.5, 0.6) is 5.75 Å². The van der Waals surface area contributed by atoms with E-state index in [1.54, 1.807) is 7.11 Å². The van der Waals surface area contributed by atoms with Crippen LogP contribution in [0.25, 0.3) is 0 Å². The second-order valence-corrected chi connectivity index (χ2v) is 8.16. The number of nitrogens with zero attached hydrogens (tertiary/aromatic N) is 1. The van der Waals surface area contributed by atoms with Gasteiger partial charge in [0.15, 0.2) is 0 Å². The van der Waals surface area contributed by atoms with Crippen LogP contribution in [0.4, 0.5) is 0 Å². The maximum Gasteiger partial charge on any atom is 0.119 e. The van der Waals surface area contributed by atoms with Crippen molar-refractivity contribution in [2.24, 2.45) is 5.92 Å². The SMILES string of the molecule is COc1cccc([C@@]23CCC[C@@H]([C@H]2C)N(CCc2ccccc2)CC3)c1. The van der Waals surface area contributed by atoms with E-state index in [0.29, 0.717) is 17.4 Å². The number of ether oxygens (including phenoxy) is 1. The van der Waals surface area contributed by atoms with Crippen LogP contribution in [0.3, 0.4) is 0 Å². The van der Waals surface area contributed by atoms with Gasteiger partial charge in [0, 0.05) is 18.0 Å². The van der Waals surface area contributed by atoms with E-state index in [1.165, 1.54) is 49.9 Å². The summed E-state index contributed by atoms with van der Waals surface area (Å²) in [4.78, 5) is 2.77. The fourth-order valence-electron chi connectivity index (χ4n) is 5.51. The van der Waals surface area contributed by atoms with Crippen molar-refractivity contribution in [2.75, 3.05) is 20.2 Å². The van der Waals surface area contributed by atoms with Crippen molar-refractivity contribution >= 4 is 0 Å². The summed E-state index contributed by atoms with van der Waals surface area (Å²) in [5, 5.41) is 0. The van der Waals surface area contributed by atoms with Crippen molar-refractivity contribution in [3.05, 3.63) is 65.7 Å². The third-order valence-electron chi connectivity index (χ3n) is 7.06. The normalized spacial score (nSPS) is 28.7. The van der Waals surface area contributed by atoms with Crippen molar-refractivity contribution in [3.63, 3.8) is 0 Å². The van der Waals surface area contributed by atoms with Crippen molar-refractivity contribution in [3.8, 4) is 5.75 Å². The Bertz CT molecular complexity index is 728. The lowest BCUT2D eigenvalue weighted by Crippen LogP contribution is -2.58. The molecule has 2 bridgehead atoms. The Morgan fingerprint density at radius 1 is 1.08 bits per heavy atom. The summed E-state index contributed by atoms with van der Waals surface area (Å²) < 4.78 is 5.51. The van der Waals surface area contributed by atoms with Crippen molar-refractivity contribution in [1.29, 1.82) is 0 Å². The summed E-state index contributed by atoms with van der Waals surface area (Å²) in [6.45, 7) is 4.91. The first-order valence-electron chi connectivity index (χ1n) is 10.2. The molecule has 1 aliphatic carbocycles. The number of fused-ring (bicyclic) bond motifs is 2. The summed E-state index contributed by atoms with van der Waals surface area (Å²) in [6, 6.07) is 20.5. The standard InChI is InChI=1S/C24H31NO/c1-19-23-12-7-14-24(19,21-10-6-11-22(18-21)26-2)15-17-25(23)16-13-20-8-4-3-5-9-20/h3-6,8-11,18-19,23H,7,12-17H2,1-2H3/t19-,23+,24-/m1/s1. The number of methoxy groups -OCH3 is 1. The molecular formula is C24H31NO. The van der Waals surface area contributed by atoms with Gasteiger partial charge in [-0.2, -0.15) is 0 Å². The monoisotopic (exact) mass is 349 g/mol. The zero-order valence-corrected chi connectivity index (χ0v) is 16.2. The summed E-state index contributed by atoms with van der Waals surface area (Å²) >= 11 is 0. The van der Waals surface area contributed by atoms with Gasteiger partial charge in [-0.3, -0.25) is 4.90 Å². The first-order valence-corrected chi connectivity index (χ1v) is 10.2. The van der Waals surface area contributed by atoms with Crippen molar-refractivity contribution < 1.29 is 4.74 Å². The number of hydrogen-bond donors (Lipinski definition) is 0. The van der Waals surface area contributed by atoms with Gasteiger partial charge in [-0.05, 0) is 61.4 Å². The minimum atomic E-state index is 0.334. The van der Waals surface area contributed by atoms with Crippen LogP contribution in [-0.4, -0.2) is 31.1 Å². The predicted molar refractivity (Wildman–Crippen MR) is 108 cm³/mol. The molecule has 2 nitrogen and oxygen atoms in total. The van der Waals surface area contributed by atoms with Crippen LogP contribution < -0.4 is 4.74 Å². The average Bonchev–Trinajstić information content (AvgIpc) is 2.68. The average molecular weight is 350 g/mol. The first kappa shape index (κ1) is 17.6. The van der Waals surface area contributed by atoms with Gasteiger partial charge in [0.05, 0.1) is 7.11 Å². The predicted octanol–water partition coefficient (Wildman–Crippen LogP) is 5.07. The Morgan fingerprint density at radius 2 is 1.92 bits per heavy atom. The van der Waals surface area contributed by atoms with Crippen LogP contribution in [0.2, 0.25) is 0 Å². The highest BCUT2D eigenvalue weighted by molar-refractivity contribution is 5.36. The summed E-state index contributed by atoms with van der Waals surface area (Å²) in [5.74, 6) is 1.70. The van der Waals surface area contributed by atoms with Crippen LogP contribution in [0.1, 0.15) is 43.7 Å². The van der Waals surface area contributed by atoms with Crippen molar-refractivity contribution in [2.45, 2.75) is 50.5 Å². The smallest absolute Gasteiger partial charge is 0.119 e. The number of piperidine rings is 1. The third kappa shape index (κ3) is 3.16. The first-order chi connectivity index (χ1) is 12.7. The van der Waals surface area contributed by atoms with E-state index in [2.05, 4.69) is 66.4 Å². The quantitative estimate of drug-likeness (QED) is 0.747. The molecule has 1 saturated heterocycles. The Hall–Kier alpha value is -1.80. The molecule has 26 heavy (non-hydrogen) atoms. The van der Waals surface area contributed by atoms with Gasteiger partial charge in [-0.1, -0.05) is 55.8 Å². The maximum absolute atomic E-state index is 5.51. The highest BCUT2D eigenvalue weighted by atomic mass is 16.5. The van der Waals surface area contributed by atoms with Gasteiger partial charge in [0.1, 0.15) is 5.75 Å². The summed E-state index contributed by atoms with van der Waals surface area (Å²) in [6.07, 6.45) is 6.45. The molecule has 1 aliphatic heterocycles. The number of likely N-dealkylation sites (tertiary alicyclic amines) is 1. The van der Waals surface area contributed by atoms with E-state index in [-0.39, 0.29) is 0 Å². The molecule has 2 aromatic carbocycles. The maximum atomic E-state index is 5.51. The van der Waals surface area contributed by atoms with E-state index < -0.39 is 0 Å². The third-order valence-corrected chi connectivity index (χ3v) is 7.06. The van der Waals surface area contributed by atoms with E-state index in [1.807, 2.05) is 0 Å². The molecule has 0 N–H and O–H groups in total. The molecule has 3 atom stereocenters. The molecule has 138 valence electrons. The van der Waals surface area contributed by atoms with Gasteiger partial charge in [-0.25, -0.2) is 0 Å². The van der Waals surface area contributed by atoms with Gasteiger partial charge < -0.3 is 4.74 Å². The number of rotatable bonds is 5. The molecule has 0 unspecified atom stereocenters. The van der Waals surface area contributed by atoms with Crippen LogP contribution in [0, 0.1) is 5.92 Å². The molecule has 4 rings (SSSR count). The van der Waals surface area contributed by atoms with E-state index >= 15 is 0 Å². The highest BCUT2D eigenvalue weighted by Gasteiger charge is 2.49. The minimum Gasteiger partial charge on any atom is -0.497 e. The zero-order valence-electron chi connectivity index (χ0n) is 16.2. The zero-order chi connectivity index (χ0) is 18.0. The molecule has 0 radical (unpaired) electrons. The molecule has 0 aromatic heterocycles. The minimum absolute atomic E-state index is 0.334. The molecule has 1 heterocycles. The molecule has 2 aliphatic rings. The Kier molecular flexibility index (Phi) is 5.04. The topological polar surface area (TPSA) is 12.5 Å². The largest absolute Gasteiger partial charge is 0.497 e.